The zero-order valence-electron chi connectivity index (χ0n) is 12.5. The molecule has 0 aromatic heterocycles. The normalized spacial score (nSPS) is 14.4. The standard InChI is InChI=1S/C15H31NO/c1-6-10-13(5)16(15(17)12-8-3)14(9-4)11-7-2/h13-14H,6-12H2,1-5H3. The minimum absolute atomic E-state index is 0.355. The topological polar surface area (TPSA) is 20.3 Å². The molecule has 0 N–H and O–H groups in total. The van der Waals surface area contributed by atoms with Gasteiger partial charge in [-0.25, -0.2) is 0 Å². The third-order valence-electron chi connectivity index (χ3n) is 3.42. The Kier molecular flexibility index (Phi) is 9.20. The van der Waals surface area contributed by atoms with Crippen molar-refractivity contribution in [2.24, 2.45) is 0 Å². The van der Waals surface area contributed by atoms with E-state index >= 15 is 0 Å². The van der Waals surface area contributed by atoms with Crippen molar-refractivity contribution in [1.29, 1.82) is 0 Å². The summed E-state index contributed by atoms with van der Waals surface area (Å²) in [6.07, 6.45) is 7.31. The van der Waals surface area contributed by atoms with Crippen molar-refractivity contribution in [3.8, 4) is 0 Å². The molecule has 0 rings (SSSR count). The van der Waals surface area contributed by atoms with Gasteiger partial charge in [-0.2, -0.15) is 0 Å². The second kappa shape index (κ2) is 9.49. The van der Waals surface area contributed by atoms with E-state index in [9.17, 15) is 4.79 Å². The number of amides is 1. The van der Waals surface area contributed by atoms with Crippen molar-refractivity contribution in [3.63, 3.8) is 0 Å². The lowest BCUT2D eigenvalue weighted by atomic mass is 10.0. The average molecular weight is 241 g/mol. The van der Waals surface area contributed by atoms with Gasteiger partial charge in [0.25, 0.3) is 0 Å². The second-order valence-electron chi connectivity index (χ2n) is 5.04. The van der Waals surface area contributed by atoms with Gasteiger partial charge in [0, 0.05) is 18.5 Å². The molecule has 0 aromatic carbocycles. The van der Waals surface area contributed by atoms with E-state index in [1.165, 1.54) is 0 Å². The summed E-state index contributed by atoms with van der Waals surface area (Å²) in [5, 5.41) is 0. The number of hydrogen-bond acceptors (Lipinski definition) is 1. The predicted octanol–water partition coefficient (Wildman–Crippen LogP) is 4.38. The summed E-state index contributed by atoms with van der Waals surface area (Å²) in [4.78, 5) is 14.4. The molecule has 0 bridgehead atoms. The fourth-order valence-electron chi connectivity index (χ4n) is 2.58. The van der Waals surface area contributed by atoms with Crippen LogP contribution in [-0.4, -0.2) is 22.9 Å². The Bertz CT molecular complexity index is 203. The van der Waals surface area contributed by atoms with Crippen LogP contribution in [0.3, 0.4) is 0 Å². The molecule has 2 atom stereocenters. The maximum absolute atomic E-state index is 12.3. The van der Waals surface area contributed by atoms with Gasteiger partial charge in [-0.05, 0) is 32.6 Å². The van der Waals surface area contributed by atoms with Gasteiger partial charge in [-0.3, -0.25) is 4.79 Å². The third kappa shape index (κ3) is 5.56. The number of hydrogen-bond donors (Lipinski definition) is 0. The van der Waals surface area contributed by atoms with Crippen molar-refractivity contribution in [2.75, 3.05) is 0 Å². The van der Waals surface area contributed by atoms with Gasteiger partial charge < -0.3 is 4.90 Å². The van der Waals surface area contributed by atoms with E-state index in [0.29, 0.717) is 24.4 Å². The summed E-state index contributed by atoms with van der Waals surface area (Å²) < 4.78 is 0. The highest BCUT2D eigenvalue weighted by molar-refractivity contribution is 5.76. The van der Waals surface area contributed by atoms with Crippen LogP contribution in [0.1, 0.15) is 79.6 Å². The first-order valence-electron chi connectivity index (χ1n) is 7.43. The monoisotopic (exact) mass is 241 g/mol. The number of carbonyl (C=O) groups excluding carboxylic acids is 1. The van der Waals surface area contributed by atoms with Crippen LogP contribution in [0.2, 0.25) is 0 Å². The van der Waals surface area contributed by atoms with Gasteiger partial charge in [-0.1, -0.05) is 40.5 Å². The van der Waals surface area contributed by atoms with E-state index in [1.807, 2.05) is 0 Å². The van der Waals surface area contributed by atoms with E-state index in [4.69, 9.17) is 0 Å². The fraction of sp³-hybridized carbons (Fsp3) is 0.933. The van der Waals surface area contributed by atoms with Crippen LogP contribution in [0.15, 0.2) is 0 Å². The molecule has 0 aliphatic carbocycles. The quantitative estimate of drug-likeness (QED) is 0.586. The zero-order chi connectivity index (χ0) is 13.3. The Labute approximate surface area is 108 Å². The van der Waals surface area contributed by atoms with Gasteiger partial charge in [0.15, 0.2) is 0 Å². The molecule has 0 aromatic rings. The maximum atomic E-state index is 12.3. The van der Waals surface area contributed by atoms with Crippen LogP contribution in [-0.2, 0) is 4.79 Å². The second-order valence-corrected chi connectivity index (χ2v) is 5.04. The minimum Gasteiger partial charge on any atom is -0.337 e. The highest BCUT2D eigenvalue weighted by Crippen LogP contribution is 2.19. The Morgan fingerprint density at radius 3 is 2.00 bits per heavy atom. The van der Waals surface area contributed by atoms with E-state index in [1.54, 1.807) is 0 Å². The Balaban J connectivity index is 4.73. The molecule has 0 heterocycles. The van der Waals surface area contributed by atoms with Crippen molar-refractivity contribution in [1.82, 2.24) is 4.90 Å². The Morgan fingerprint density at radius 1 is 1.00 bits per heavy atom. The van der Waals surface area contributed by atoms with Crippen molar-refractivity contribution in [3.05, 3.63) is 0 Å². The first kappa shape index (κ1) is 16.5. The molecule has 2 heteroatoms. The van der Waals surface area contributed by atoms with E-state index in [0.717, 1.165) is 38.5 Å². The van der Waals surface area contributed by atoms with Crippen LogP contribution in [0.25, 0.3) is 0 Å². The molecule has 2 unspecified atom stereocenters. The zero-order valence-corrected chi connectivity index (χ0v) is 12.5. The summed E-state index contributed by atoms with van der Waals surface area (Å²) >= 11 is 0. The lowest BCUT2D eigenvalue weighted by Crippen LogP contribution is -2.45. The van der Waals surface area contributed by atoms with E-state index in [2.05, 4.69) is 39.5 Å². The lowest BCUT2D eigenvalue weighted by molar-refractivity contribution is -0.136. The molecule has 0 radical (unpaired) electrons. The van der Waals surface area contributed by atoms with Crippen LogP contribution in [0.4, 0.5) is 0 Å². The SMILES string of the molecule is CCCC(=O)N(C(C)CCC)C(CC)CCC. The Morgan fingerprint density at radius 2 is 1.59 bits per heavy atom. The van der Waals surface area contributed by atoms with Crippen molar-refractivity contribution in [2.45, 2.75) is 91.6 Å². The van der Waals surface area contributed by atoms with Crippen LogP contribution < -0.4 is 0 Å². The summed E-state index contributed by atoms with van der Waals surface area (Å²) in [5.41, 5.74) is 0. The molecular formula is C15H31NO. The van der Waals surface area contributed by atoms with Crippen LogP contribution in [0, 0.1) is 0 Å². The first-order valence-corrected chi connectivity index (χ1v) is 7.43. The van der Waals surface area contributed by atoms with Gasteiger partial charge >= 0.3 is 0 Å². The number of nitrogens with zero attached hydrogens (tertiary/aromatic N) is 1. The molecule has 17 heavy (non-hydrogen) atoms. The highest BCUT2D eigenvalue weighted by atomic mass is 16.2. The molecule has 1 amide bonds. The van der Waals surface area contributed by atoms with Gasteiger partial charge in [0.05, 0.1) is 0 Å². The van der Waals surface area contributed by atoms with Crippen LogP contribution >= 0.6 is 0 Å². The maximum Gasteiger partial charge on any atom is 0.223 e. The third-order valence-corrected chi connectivity index (χ3v) is 3.42. The molecule has 0 saturated carbocycles. The van der Waals surface area contributed by atoms with E-state index in [-0.39, 0.29) is 0 Å². The molecule has 0 saturated heterocycles. The van der Waals surface area contributed by atoms with Gasteiger partial charge in [-0.15, -0.1) is 0 Å². The largest absolute Gasteiger partial charge is 0.337 e. The summed E-state index contributed by atoms with van der Waals surface area (Å²) in [5.74, 6) is 0.355. The molecular weight excluding hydrogens is 210 g/mol. The molecule has 0 aliphatic heterocycles. The Hall–Kier alpha value is -0.530. The predicted molar refractivity (Wildman–Crippen MR) is 75.1 cm³/mol. The molecule has 0 aliphatic rings. The minimum atomic E-state index is 0.355. The molecule has 2 nitrogen and oxygen atoms in total. The fourth-order valence-corrected chi connectivity index (χ4v) is 2.58. The lowest BCUT2D eigenvalue weighted by Gasteiger charge is -2.36. The first-order chi connectivity index (χ1) is 8.12. The average Bonchev–Trinajstić information content (AvgIpc) is 2.29. The summed E-state index contributed by atoms with van der Waals surface area (Å²) in [6, 6.07) is 0.844. The number of rotatable bonds is 9. The van der Waals surface area contributed by atoms with Crippen molar-refractivity contribution < 1.29 is 4.79 Å². The van der Waals surface area contributed by atoms with Crippen molar-refractivity contribution >= 4 is 5.91 Å². The van der Waals surface area contributed by atoms with E-state index < -0.39 is 0 Å². The molecule has 0 spiro atoms. The smallest absolute Gasteiger partial charge is 0.223 e. The summed E-state index contributed by atoms with van der Waals surface area (Å²) in [6.45, 7) is 10.9. The molecule has 102 valence electrons. The summed E-state index contributed by atoms with van der Waals surface area (Å²) in [7, 11) is 0. The molecule has 0 fully saturated rings. The number of carbonyl (C=O) groups is 1. The van der Waals surface area contributed by atoms with Gasteiger partial charge in [0.1, 0.15) is 0 Å². The van der Waals surface area contributed by atoms with Gasteiger partial charge in [0.2, 0.25) is 5.91 Å². The highest BCUT2D eigenvalue weighted by Gasteiger charge is 2.25. The van der Waals surface area contributed by atoms with Crippen LogP contribution in [0.5, 0.6) is 0 Å².